The van der Waals surface area contributed by atoms with Crippen molar-refractivity contribution >= 4 is 21.4 Å². The highest BCUT2D eigenvalue weighted by molar-refractivity contribution is 7.90. The van der Waals surface area contributed by atoms with Gasteiger partial charge in [-0.15, -0.1) is 0 Å². The first-order chi connectivity index (χ1) is 10.4. The predicted molar refractivity (Wildman–Crippen MR) is 83.0 cm³/mol. The molecule has 6 heteroatoms. The Hall–Kier alpha value is -2.65. The third-order valence-electron chi connectivity index (χ3n) is 3.01. The lowest BCUT2D eigenvalue weighted by atomic mass is 10.1. The van der Waals surface area contributed by atoms with Crippen LogP contribution in [-0.4, -0.2) is 20.6 Å². The monoisotopic (exact) mass is 314 g/mol. The van der Waals surface area contributed by atoms with Crippen LogP contribution in [-0.2, 0) is 21.1 Å². The van der Waals surface area contributed by atoms with Crippen molar-refractivity contribution in [1.29, 1.82) is 5.26 Å². The van der Waals surface area contributed by atoms with Crippen molar-refractivity contribution in [3.05, 3.63) is 59.7 Å². The van der Waals surface area contributed by atoms with Gasteiger partial charge in [-0.05, 0) is 42.0 Å². The summed E-state index contributed by atoms with van der Waals surface area (Å²) in [5.41, 5.74) is 1.85. The summed E-state index contributed by atoms with van der Waals surface area (Å²) in [5.74, 6) is -0.211. The Kier molecular flexibility index (Phi) is 4.59. The molecule has 0 saturated carbocycles. The number of sulfone groups is 1. The molecule has 2 rings (SSSR count). The number of nitrogens with zero attached hydrogens (tertiary/aromatic N) is 1. The molecule has 0 aliphatic heterocycles. The van der Waals surface area contributed by atoms with Gasteiger partial charge >= 0.3 is 0 Å². The molecule has 0 saturated heterocycles. The van der Waals surface area contributed by atoms with Crippen molar-refractivity contribution in [1.82, 2.24) is 0 Å². The molecule has 0 aliphatic carbocycles. The molecule has 2 aromatic rings. The standard InChI is InChI=1S/C16H14N2O3S/c1-22(20,21)15-8-4-12(5-9-15)10-16(19)18-14-6-2-13(11-17)3-7-14/h2-9H,10H2,1H3,(H,18,19). The van der Waals surface area contributed by atoms with E-state index in [0.717, 1.165) is 11.8 Å². The summed E-state index contributed by atoms with van der Waals surface area (Å²) in [4.78, 5) is 12.1. The van der Waals surface area contributed by atoms with Gasteiger partial charge in [0.15, 0.2) is 9.84 Å². The van der Waals surface area contributed by atoms with Gasteiger partial charge in [0.2, 0.25) is 5.91 Å². The zero-order valence-electron chi connectivity index (χ0n) is 11.9. The average Bonchev–Trinajstić information content (AvgIpc) is 2.47. The van der Waals surface area contributed by atoms with Gasteiger partial charge in [-0.1, -0.05) is 12.1 Å². The SMILES string of the molecule is CS(=O)(=O)c1ccc(CC(=O)Nc2ccc(C#N)cc2)cc1. The van der Waals surface area contributed by atoms with E-state index in [0.29, 0.717) is 11.3 Å². The van der Waals surface area contributed by atoms with E-state index >= 15 is 0 Å². The van der Waals surface area contributed by atoms with Crippen molar-refractivity contribution < 1.29 is 13.2 Å². The minimum atomic E-state index is -3.23. The number of hydrogen-bond acceptors (Lipinski definition) is 4. The zero-order valence-corrected chi connectivity index (χ0v) is 12.7. The molecule has 0 heterocycles. The summed E-state index contributed by atoms with van der Waals surface area (Å²) in [5, 5.41) is 11.4. The van der Waals surface area contributed by atoms with E-state index in [2.05, 4.69) is 5.32 Å². The van der Waals surface area contributed by atoms with Crippen molar-refractivity contribution in [3.63, 3.8) is 0 Å². The number of carbonyl (C=O) groups excluding carboxylic acids is 1. The van der Waals surface area contributed by atoms with Crippen LogP contribution in [0.2, 0.25) is 0 Å². The predicted octanol–water partition coefficient (Wildman–Crippen LogP) is 2.14. The van der Waals surface area contributed by atoms with Gasteiger partial charge < -0.3 is 5.32 Å². The van der Waals surface area contributed by atoms with Crippen LogP contribution in [0, 0.1) is 11.3 Å². The highest BCUT2D eigenvalue weighted by Crippen LogP contribution is 2.12. The second kappa shape index (κ2) is 6.41. The minimum Gasteiger partial charge on any atom is -0.326 e. The number of anilines is 1. The van der Waals surface area contributed by atoms with E-state index in [1.54, 1.807) is 36.4 Å². The summed E-state index contributed by atoms with van der Waals surface area (Å²) in [6.07, 6.45) is 1.28. The third kappa shape index (κ3) is 4.17. The molecular weight excluding hydrogens is 300 g/mol. The maximum atomic E-state index is 11.9. The van der Waals surface area contributed by atoms with Gasteiger partial charge in [0.1, 0.15) is 0 Å². The highest BCUT2D eigenvalue weighted by atomic mass is 32.2. The van der Waals surface area contributed by atoms with Crippen molar-refractivity contribution in [2.24, 2.45) is 0 Å². The topological polar surface area (TPSA) is 87.0 Å². The molecule has 0 bridgehead atoms. The molecule has 22 heavy (non-hydrogen) atoms. The third-order valence-corrected chi connectivity index (χ3v) is 4.14. The molecule has 0 aliphatic rings. The van der Waals surface area contributed by atoms with Crippen LogP contribution < -0.4 is 5.32 Å². The highest BCUT2D eigenvalue weighted by Gasteiger charge is 2.08. The fourth-order valence-electron chi connectivity index (χ4n) is 1.87. The minimum absolute atomic E-state index is 0.143. The first kappa shape index (κ1) is 15.7. The van der Waals surface area contributed by atoms with E-state index in [1.807, 2.05) is 6.07 Å². The normalized spacial score (nSPS) is 10.7. The summed E-state index contributed by atoms with van der Waals surface area (Å²) in [7, 11) is -3.23. The molecule has 5 nitrogen and oxygen atoms in total. The first-order valence-corrected chi connectivity index (χ1v) is 8.36. The second-order valence-electron chi connectivity index (χ2n) is 4.83. The van der Waals surface area contributed by atoms with E-state index in [4.69, 9.17) is 5.26 Å². The van der Waals surface area contributed by atoms with Crippen molar-refractivity contribution in [2.45, 2.75) is 11.3 Å². The molecular formula is C16H14N2O3S. The van der Waals surface area contributed by atoms with Crippen molar-refractivity contribution in [3.8, 4) is 6.07 Å². The summed E-state index contributed by atoms with van der Waals surface area (Å²) in [6.45, 7) is 0. The lowest BCUT2D eigenvalue weighted by Gasteiger charge is -2.06. The Balaban J connectivity index is 2.01. The van der Waals surface area contributed by atoms with Crippen LogP contribution in [0.25, 0.3) is 0 Å². The summed E-state index contributed by atoms with van der Waals surface area (Å²) in [6, 6.07) is 14.8. The van der Waals surface area contributed by atoms with Gasteiger partial charge in [0.05, 0.1) is 22.9 Å². The number of nitrogens with one attached hydrogen (secondary N) is 1. The number of rotatable bonds is 4. The van der Waals surface area contributed by atoms with Gasteiger partial charge in [-0.3, -0.25) is 4.79 Å². The first-order valence-electron chi connectivity index (χ1n) is 6.47. The summed E-state index contributed by atoms with van der Waals surface area (Å²) < 4.78 is 22.7. The Morgan fingerprint density at radius 1 is 1.09 bits per heavy atom. The molecule has 0 aromatic heterocycles. The Bertz CT molecular complexity index is 817. The fraction of sp³-hybridized carbons (Fsp3) is 0.125. The Morgan fingerprint density at radius 3 is 2.18 bits per heavy atom. The molecule has 0 fully saturated rings. The molecule has 2 aromatic carbocycles. The van der Waals surface area contributed by atoms with E-state index < -0.39 is 9.84 Å². The molecule has 0 unspecified atom stereocenters. The lowest BCUT2D eigenvalue weighted by molar-refractivity contribution is -0.115. The number of carbonyl (C=O) groups is 1. The molecule has 1 amide bonds. The maximum absolute atomic E-state index is 11.9. The van der Waals surface area contributed by atoms with Gasteiger partial charge in [-0.2, -0.15) is 5.26 Å². The lowest BCUT2D eigenvalue weighted by Crippen LogP contribution is -2.14. The van der Waals surface area contributed by atoms with Gasteiger partial charge in [-0.25, -0.2) is 8.42 Å². The quantitative estimate of drug-likeness (QED) is 0.936. The fourth-order valence-corrected chi connectivity index (χ4v) is 2.50. The molecule has 0 spiro atoms. The number of hydrogen-bond donors (Lipinski definition) is 1. The van der Waals surface area contributed by atoms with Crippen LogP contribution in [0.3, 0.4) is 0 Å². The van der Waals surface area contributed by atoms with Crippen LogP contribution in [0.1, 0.15) is 11.1 Å². The van der Waals surface area contributed by atoms with Crippen LogP contribution in [0.15, 0.2) is 53.4 Å². The Labute approximate surface area is 129 Å². The van der Waals surface area contributed by atoms with Gasteiger partial charge in [0, 0.05) is 11.9 Å². The van der Waals surface area contributed by atoms with Crippen molar-refractivity contribution in [2.75, 3.05) is 11.6 Å². The smallest absolute Gasteiger partial charge is 0.228 e. The van der Waals surface area contributed by atoms with E-state index in [9.17, 15) is 13.2 Å². The van der Waals surface area contributed by atoms with E-state index in [-0.39, 0.29) is 17.2 Å². The van der Waals surface area contributed by atoms with Gasteiger partial charge in [0.25, 0.3) is 0 Å². The molecule has 112 valence electrons. The van der Waals surface area contributed by atoms with Crippen LogP contribution in [0.4, 0.5) is 5.69 Å². The zero-order chi connectivity index (χ0) is 16.2. The number of nitriles is 1. The number of amides is 1. The number of benzene rings is 2. The molecule has 0 atom stereocenters. The second-order valence-corrected chi connectivity index (χ2v) is 6.85. The largest absolute Gasteiger partial charge is 0.326 e. The van der Waals surface area contributed by atoms with Crippen LogP contribution >= 0.6 is 0 Å². The maximum Gasteiger partial charge on any atom is 0.228 e. The Morgan fingerprint density at radius 2 is 1.68 bits per heavy atom. The van der Waals surface area contributed by atoms with Crippen LogP contribution in [0.5, 0.6) is 0 Å². The molecule has 1 N–H and O–H groups in total. The van der Waals surface area contributed by atoms with E-state index in [1.165, 1.54) is 12.1 Å². The summed E-state index contributed by atoms with van der Waals surface area (Å²) >= 11 is 0. The average molecular weight is 314 g/mol. The molecule has 0 radical (unpaired) electrons.